The highest BCUT2D eigenvalue weighted by molar-refractivity contribution is 6.09. The highest BCUT2D eigenvalue weighted by atomic mass is 19.1. The molecule has 0 aliphatic heterocycles. The van der Waals surface area contributed by atoms with Crippen LogP contribution in [-0.2, 0) is 11.2 Å². The van der Waals surface area contributed by atoms with Gasteiger partial charge in [-0.1, -0.05) is 26.8 Å². The second kappa shape index (κ2) is 18.2. The van der Waals surface area contributed by atoms with Gasteiger partial charge in [0.05, 0.1) is 23.9 Å². The molecule has 0 fully saturated rings. The lowest BCUT2D eigenvalue weighted by Gasteiger charge is -2.16. The van der Waals surface area contributed by atoms with Gasteiger partial charge in [0.1, 0.15) is 5.82 Å². The Hall–Kier alpha value is -4.14. The Morgan fingerprint density at radius 2 is 1.87 bits per heavy atom. The molecule has 0 saturated carbocycles. The number of carbonyl (C=O) groups excluding carboxylic acids is 1. The number of aliphatic imine (C=N–C) groups is 1. The van der Waals surface area contributed by atoms with Crippen molar-refractivity contribution in [2.24, 2.45) is 21.1 Å². The van der Waals surface area contributed by atoms with Crippen LogP contribution in [0.2, 0.25) is 0 Å². The zero-order valence-electron chi connectivity index (χ0n) is 23.5. The molecular formula is C29H40FN7O. The molecule has 8 nitrogen and oxygen atoms in total. The Bertz CT molecular complexity index is 1130. The lowest BCUT2D eigenvalue weighted by molar-refractivity contribution is -0.121. The zero-order valence-corrected chi connectivity index (χ0v) is 23.5. The molecule has 0 radical (unpaired) electrons. The minimum Gasteiger partial charge on any atom is -0.332 e. The lowest BCUT2D eigenvalue weighted by Crippen LogP contribution is -2.30. The first-order valence-electron chi connectivity index (χ1n) is 12.7. The highest BCUT2D eigenvalue weighted by Crippen LogP contribution is 2.19. The third-order valence-corrected chi connectivity index (χ3v) is 5.10. The maximum atomic E-state index is 13.9. The zero-order chi connectivity index (χ0) is 28.3. The molecule has 0 bridgehead atoms. The van der Waals surface area contributed by atoms with Gasteiger partial charge in [-0.05, 0) is 68.5 Å². The molecule has 1 heterocycles. The van der Waals surface area contributed by atoms with E-state index in [0.717, 1.165) is 11.3 Å². The summed E-state index contributed by atoms with van der Waals surface area (Å²) in [4.78, 5) is 21.1. The van der Waals surface area contributed by atoms with E-state index < -0.39 is 5.92 Å². The van der Waals surface area contributed by atoms with Crippen LogP contribution in [0.5, 0.6) is 0 Å². The number of hydrazone groups is 2. The number of nitrogens with zero attached hydrogens (tertiary/aromatic N) is 6. The fourth-order valence-electron chi connectivity index (χ4n) is 3.13. The van der Waals surface area contributed by atoms with Gasteiger partial charge in [0.15, 0.2) is 0 Å². The van der Waals surface area contributed by atoms with Gasteiger partial charge in [-0.2, -0.15) is 10.2 Å². The van der Waals surface area contributed by atoms with E-state index >= 15 is 0 Å². The SMILES string of the molecule is CC.CC=NCC(/C=N\N(C)/C=C\C)C(=O)N/C=C/C(=N\N(C)c1ccc(F)c(CC)c1)c1ccncc1. The van der Waals surface area contributed by atoms with E-state index in [1.807, 2.05) is 45.9 Å². The quantitative estimate of drug-likeness (QED) is 0.298. The number of aromatic nitrogens is 1. The summed E-state index contributed by atoms with van der Waals surface area (Å²) in [6, 6.07) is 8.54. The van der Waals surface area contributed by atoms with Crippen LogP contribution in [0.4, 0.5) is 10.1 Å². The van der Waals surface area contributed by atoms with Crippen molar-refractivity contribution in [3.63, 3.8) is 0 Å². The first-order valence-corrected chi connectivity index (χ1v) is 12.7. The first-order chi connectivity index (χ1) is 18.4. The van der Waals surface area contributed by atoms with E-state index in [1.165, 1.54) is 6.07 Å². The highest BCUT2D eigenvalue weighted by Gasteiger charge is 2.15. The molecule has 0 aliphatic carbocycles. The number of aryl methyl sites for hydroxylation is 1. The van der Waals surface area contributed by atoms with Crippen molar-refractivity contribution < 1.29 is 9.18 Å². The van der Waals surface area contributed by atoms with Crippen molar-refractivity contribution in [3.8, 4) is 0 Å². The topological polar surface area (TPSA) is 85.5 Å². The van der Waals surface area contributed by atoms with E-state index in [0.29, 0.717) is 17.7 Å². The number of amides is 1. The van der Waals surface area contributed by atoms with Crippen LogP contribution in [0.1, 0.15) is 45.7 Å². The van der Waals surface area contributed by atoms with Crippen molar-refractivity contribution in [2.75, 3.05) is 25.6 Å². The molecule has 2 rings (SSSR count). The molecule has 204 valence electrons. The number of halogens is 1. The van der Waals surface area contributed by atoms with Crippen LogP contribution in [0.15, 0.2) is 82.5 Å². The van der Waals surface area contributed by atoms with Crippen LogP contribution < -0.4 is 10.3 Å². The fraction of sp³-hybridized carbons (Fsp3) is 0.345. The van der Waals surface area contributed by atoms with Crippen LogP contribution in [-0.4, -0.2) is 54.7 Å². The van der Waals surface area contributed by atoms with Crippen molar-refractivity contribution in [1.82, 2.24) is 15.3 Å². The van der Waals surface area contributed by atoms with Gasteiger partial charge < -0.3 is 5.32 Å². The number of nitrogens with one attached hydrogen (secondary N) is 1. The number of pyridine rings is 1. The van der Waals surface area contributed by atoms with E-state index in [1.54, 1.807) is 86.5 Å². The number of hydrogen-bond donors (Lipinski definition) is 1. The molecule has 9 heteroatoms. The second-order valence-electron chi connectivity index (χ2n) is 7.77. The minimum absolute atomic E-state index is 0.238. The number of benzene rings is 1. The molecule has 1 aromatic carbocycles. The second-order valence-corrected chi connectivity index (χ2v) is 7.77. The smallest absolute Gasteiger partial charge is 0.234 e. The summed E-state index contributed by atoms with van der Waals surface area (Å²) in [5, 5.41) is 15.1. The van der Waals surface area contributed by atoms with E-state index in [2.05, 4.69) is 20.4 Å². The number of anilines is 1. The number of allylic oxidation sites excluding steroid dienone is 2. The summed E-state index contributed by atoms with van der Waals surface area (Å²) in [5.74, 6) is -1.03. The number of rotatable bonds is 12. The molecule has 0 spiro atoms. The van der Waals surface area contributed by atoms with Crippen LogP contribution in [0.3, 0.4) is 0 Å². The summed E-state index contributed by atoms with van der Waals surface area (Å²) in [6.45, 7) is 9.88. The summed E-state index contributed by atoms with van der Waals surface area (Å²) >= 11 is 0. The van der Waals surface area contributed by atoms with Gasteiger partial charge in [0, 0.05) is 50.7 Å². The minimum atomic E-state index is -0.547. The third-order valence-electron chi connectivity index (χ3n) is 5.10. The number of hydrogen-bond acceptors (Lipinski definition) is 7. The van der Waals surface area contributed by atoms with Gasteiger partial charge in [0.25, 0.3) is 0 Å². The summed E-state index contributed by atoms with van der Waals surface area (Å²) in [7, 11) is 3.57. The molecule has 1 aromatic heterocycles. The monoisotopic (exact) mass is 521 g/mol. The van der Waals surface area contributed by atoms with Gasteiger partial charge >= 0.3 is 0 Å². The predicted molar refractivity (Wildman–Crippen MR) is 157 cm³/mol. The average molecular weight is 522 g/mol. The Balaban J connectivity index is 0.00000352. The van der Waals surface area contributed by atoms with Crippen molar-refractivity contribution in [2.45, 2.75) is 41.0 Å². The Labute approximate surface area is 226 Å². The molecule has 1 atom stereocenters. The van der Waals surface area contributed by atoms with E-state index in [-0.39, 0.29) is 18.3 Å². The average Bonchev–Trinajstić information content (AvgIpc) is 2.94. The van der Waals surface area contributed by atoms with Crippen LogP contribution in [0.25, 0.3) is 0 Å². The lowest BCUT2D eigenvalue weighted by atomic mass is 10.1. The molecule has 1 N–H and O–H groups in total. The molecule has 1 unspecified atom stereocenters. The van der Waals surface area contributed by atoms with Crippen molar-refractivity contribution >= 4 is 29.7 Å². The van der Waals surface area contributed by atoms with Gasteiger partial charge in [-0.25, -0.2) is 4.39 Å². The maximum Gasteiger partial charge on any atom is 0.234 e. The predicted octanol–water partition coefficient (Wildman–Crippen LogP) is 5.44. The van der Waals surface area contributed by atoms with Gasteiger partial charge in [0.2, 0.25) is 5.91 Å². The molecular weight excluding hydrogens is 481 g/mol. The van der Waals surface area contributed by atoms with E-state index in [4.69, 9.17) is 5.10 Å². The van der Waals surface area contributed by atoms with Gasteiger partial charge in [-0.3, -0.25) is 24.8 Å². The van der Waals surface area contributed by atoms with Crippen LogP contribution in [0, 0.1) is 11.7 Å². The summed E-state index contributed by atoms with van der Waals surface area (Å²) < 4.78 is 13.9. The normalized spacial score (nSPS) is 12.7. The molecule has 2 aromatic rings. The third kappa shape index (κ3) is 10.9. The maximum absolute atomic E-state index is 13.9. The number of carbonyl (C=O) groups is 1. The summed E-state index contributed by atoms with van der Waals surface area (Å²) in [6.07, 6.45) is 14.0. The Kier molecular flexibility index (Phi) is 15.2. The van der Waals surface area contributed by atoms with Crippen molar-refractivity contribution in [3.05, 3.63) is 84.2 Å². The molecule has 1 amide bonds. The van der Waals surface area contributed by atoms with Crippen LogP contribution >= 0.6 is 0 Å². The Morgan fingerprint density at radius 1 is 1.16 bits per heavy atom. The molecule has 38 heavy (non-hydrogen) atoms. The first kappa shape index (κ1) is 31.9. The summed E-state index contributed by atoms with van der Waals surface area (Å²) in [5.41, 5.74) is 2.76. The molecule has 0 aliphatic rings. The largest absolute Gasteiger partial charge is 0.332 e. The van der Waals surface area contributed by atoms with Crippen molar-refractivity contribution in [1.29, 1.82) is 0 Å². The van der Waals surface area contributed by atoms with Gasteiger partial charge in [-0.15, -0.1) is 0 Å². The van der Waals surface area contributed by atoms with E-state index in [9.17, 15) is 9.18 Å². The Morgan fingerprint density at radius 3 is 2.50 bits per heavy atom. The molecule has 0 saturated heterocycles. The standard InChI is InChI=1S/C27H34FN7O.C2H6/c1-6-17-34(4)32-20-23(19-29-8-3)27(36)31-16-13-26(22-11-14-30-15-12-22)33-35(5)24-9-10-25(28)21(7-2)18-24;1-2/h6,8-18,20,23H,7,19H2,1-5H3,(H,31,36);1-2H3/b16-13+,17-6-,29-8?,32-20-,33-26+;. The fourth-order valence-corrected chi connectivity index (χ4v) is 3.13.